The molecule has 0 aromatic heterocycles. The minimum absolute atomic E-state index is 0.0822. The molecule has 0 aliphatic rings. The van der Waals surface area contributed by atoms with Crippen molar-refractivity contribution >= 4 is 17.6 Å². The quantitative estimate of drug-likeness (QED) is 0.847. The molecule has 0 aliphatic carbocycles. The average molecular weight is 261 g/mol. The summed E-state index contributed by atoms with van der Waals surface area (Å²) in [7, 11) is 1.26. The minimum Gasteiger partial charge on any atom is -0.469 e. The SMILES string of the molecule is CCC(C(=O)OC)C(O)c1ccc(F)c(Cl)c1. The Morgan fingerprint density at radius 2 is 2.24 bits per heavy atom. The molecule has 0 saturated heterocycles. The number of carbonyl (C=O) groups is 1. The van der Waals surface area contributed by atoms with Crippen LogP contribution >= 0.6 is 11.6 Å². The van der Waals surface area contributed by atoms with Gasteiger partial charge in [0.15, 0.2) is 0 Å². The van der Waals surface area contributed by atoms with E-state index < -0.39 is 23.8 Å². The van der Waals surface area contributed by atoms with E-state index in [-0.39, 0.29) is 5.02 Å². The van der Waals surface area contributed by atoms with Gasteiger partial charge in [0.05, 0.1) is 24.2 Å². The molecule has 0 amide bonds. The van der Waals surface area contributed by atoms with Gasteiger partial charge in [0, 0.05) is 0 Å². The number of hydrogen-bond donors (Lipinski definition) is 1. The molecule has 0 heterocycles. The van der Waals surface area contributed by atoms with E-state index in [0.29, 0.717) is 12.0 Å². The maximum absolute atomic E-state index is 13.0. The molecule has 0 fully saturated rings. The second-order valence-electron chi connectivity index (χ2n) is 3.66. The lowest BCUT2D eigenvalue weighted by atomic mass is 9.93. The number of hydrogen-bond acceptors (Lipinski definition) is 3. The van der Waals surface area contributed by atoms with Gasteiger partial charge >= 0.3 is 5.97 Å². The molecule has 1 aromatic carbocycles. The number of halogens is 2. The number of ether oxygens (including phenoxy) is 1. The zero-order chi connectivity index (χ0) is 13.0. The first-order valence-corrected chi connectivity index (χ1v) is 5.59. The summed E-state index contributed by atoms with van der Waals surface area (Å²) in [6.45, 7) is 1.76. The Labute approximate surface area is 104 Å². The van der Waals surface area contributed by atoms with Gasteiger partial charge in [0.2, 0.25) is 0 Å². The molecule has 3 nitrogen and oxygen atoms in total. The lowest BCUT2D eigenvalue weighted by Crippen LogP contribution is -2.23. The fraction of sp³-hybridized carbons (Fsp3) is 0.417. The Balaban J connectivity index is 2.97. The minimum atomic E-state index is -1.05. The third-order valence-electron chi connectivity index (χ3n) is 2.61. The molecule has 0 aliphatic heterocycles. The van der Waals surface area contributed by atoms with Crippen LogP contribution in [0.1, 0.15) is 25.0 Å². The molecule has 1 rings (SSSR count). The fourth-order valence-corrected chi connectivity index (χ4v) is 1.79. The topological polar surface area (TPSA) is 46.5 Å². The summed E-state index contributed by atoms with van der Waals surface area (Å²) in [5, 5.41) is 9.93. The Morgan fingerprint density at radius 1 is 1.59 bits per heavy atom. The van der Waals surface area contributed by atoms with Crippen molar-refractivity contribution in [2.45, 2.75) is 19.4 Å². The molecule has 0 spiro atoms. The first kappa shape index (κ1) is 13.9. The zero-order valence-electron chi connectivity index (χ0n) is 9.61. The second-order valence-corrected chi connectivity index (χ2v) is 4.06. The average Bonchev–Trinajstić information content (AvgIpc) is 2.33. The summed E-state index contributed by atoms with van der Waals surface area (Å²) < 4.78 is 17.6. The summed E-state index contributed by atoms with van der Waals surface area (Å²) in [6.07, 6.45) is -0.631. The summed E-state index contributed by atoms with van der Waals surface area (Å²) in [6, 6.07) is 3.87. The Hall–Kier alpha value is -1.13. The molecular weight excluding hydrogens is 247 g/mol. The second kappa shape index (κ2) is 5.98. The predicted molar refractivity (Wildman–Crippen MR) is 62.2 cm³/mol. The molecule has 0 radical (unpaired) electrons. The highest BCUT2D eigenvalue weighted by molar-refractivity contribution is 6.30. The van der Waals surface area contributed by atoms with Crippen LogP contribution in [-0.2, 0) is 9.53 Å². The summed E-state index contributed by atoms with van der Waals surface area (Å²) in [5.74, 6) is -1.74. The van der Waals surface area contributed by atoms with Crippen molar-refractivity contribution in [3.8, 4) is 0 Å². The van der Waals surface area contributed by atoms with Crippen LogP contribution in [0.25, 0.3) is 0 Å². The highest BCUT2D eigenvalue weighted by atomic mass is 35.5. The first-order valence-electron chi connectivity index (χ1n) is 5.22. The van der Waals surface area contributed by atoms with Gasteiger partial charge in [-0.05, 0) is 24.1 Å². The molecule has 1 aromatic rings. The zero-order valence-corrected chi connectivity index (χ0v) is 10.4. The van der Waals surface area contributed by atoms with Crippen LogP contribution in [0, 0.1) is 11.7 Å². The molecule has 17 heavy (non-hydrogen) atoms. The first-order chi connectivity index (χ1) is 8.01. The highest BCUT2D eigenvalue weighted by Gasteiger charge is 2.27. The molecule has 0 saturated carbocycles. The third-order valence-corrected chi connectivity index (χ3v) is 2.90. The van der Waals surface area contributed by atoms with E-state index in [4.69, 9.17) is 11.6 Å². The Morgan fingerprint density at radius 3 is 2.71 bits per heavy atom. The Kier molecular flexibility index (Phi) is 4.90. The summed E-state index contributed by atoms with van der Waals surface area (Å²) in [5.41, 5.74) is 0.397. The van der Waals surface area contributed by atoms with Gasteiger partial charge in [0.25, 0.3) is 0 Å². The molecule has 0 bridgehead atoms. The highest BCUT2D eigenvalue weighted by Crippen LogP contribution is 2.28. The van der Waals surface area contributed by atoms with E-state index in [2.05, 4.69) is 4.74 Å². The van der Waals surface area contributed by atoms with E-state index >= 15 is 0 Å². The van der Waals surface area contributed by atoms with Gasteiger partial charge in [0.1, 0.15) is 5.82 Å². The van der Waals surface area contributed by atoms with E-state index in [1.807, 2.05) is 0 Å². The number of aliphatic hydroxyl groups excluding tert-OH is 1. The van der Waals surface area contributed by atoms with Crippen molar-refractivity contribution in [1.82, 2.24) is 0 Å². The molecule has 2 unspecified atom stereocenters. The van der Waals surface area contributed by atoms with Gasteiger partial charge in [-0.2, -0.15) is 0 Å². The number of aliphatic hydroxyl groups is 1. The van der Waals surface area contributed by atoms with Crippen LogP contribution in [-0.4, -0.2) is 18.2 Å². The standard InChI is InChI=1S/C12H14ClFO3/c1-3-8(12(16)17-2)11(15)7-4-5-10(14)9(13)6-7/h4-6,8,11,15H,3H2,1-2H3. The lowest BCUT2D eigenvalue weighted by molar-refractivity contribution is -0.149. The van der Waals surface area contributed by atoms with Crippen molar-refractivity contribution < 1.29 is 19.0 Å². The number of methoxy groups -OCH3 is 1. The monoisotopic (exact) mass is 260 g/mol. The molecular formula is C12H14ClFO3. The van der Waals surface area contributed by atoms with Crippen LogP contribution in [0.3, 0.4) is 0 Å². The van der Waals surface area contributed by atoms with E-state index in [1.165, 1.54) is 19.2 Å². The molecule has 2 atom stereocenters. The van der Waals surface area contributed by atoms with Crippen LogP contribution in [0.15, 0.2) is 18.2 Å². The van der Waals surface area contributed by atoms with Crippen molar-refractivity contribution in [1.29, 1.82) is 0 Å². The van der Waals surface area contributed by atoms with Crippen LogP contribution in [0.5, 0.6) is 0 Å². The van der Waals surface area contributed by atoms with Crippen molar-refractivity contribution in [3.63, 3.8) is 0 Å². The van der Waals surface area contributed by atoms with E-state index in [0.717, 1.165) is 6.07 Å². The van der Waals surface area contributed by atoms with Crippen molar-refractivity contribution in [2.24, 2.45) is 5.92 Å². The fourth-order valence-electron chi connectivity index (χ4n) is 1.60. The smallest absolute Gasteiger partial charge is 0.311 e. The van der Waals surface area contributed by atoms with E-state index in [1.54, 1.807) is 6.92 Å². The largest absolute Gasteiger partial charge is 0.469 e. The number of carbonyl (C=O) groups excluding carboxylic acids is 1. The Bertz CT molecular complexity index is 409. The van der Waals surface area contributed by atoms with Crippen molar-refractivity contribution in [3.05, 3.63) is 34.6 Å². The van der Waals surface area contributed by atoms with Crippen molar-refractivity contribution in [2.75, 3.05) is 7.11 Å². The molecule has 1 N–H and O–H groups in total. The van der Waals surface area contributed by atoms with Crippen LogP contribution in [0.2, 0.25) is 5.02 Å². The lowest BCUT2D eigenvalue weighted by Gasteiger charge is -2.19. The van der Waals surface area contributed by atoms with Gasteiger partial charge in [-0.15, -0.1) is 0 Å². The number of benzene rings is 1. The predicted octanol–water partition coefficient (Wildman–Crippen LogP) is 2.71. The molecule has 94 valence electrons. The number of rotatable bonds is 4. The molecule has 5 heteroatoms. The van der Waals surface area contributed by atoms with Gasteiger partial charge < -0.3 is 9.84 Å². The van der Waals surface area contributed by atoms with Crippen LogP contribution in [0.4, 0.5) is 4.39 Å². The van der Waals surface area contributed by atoms with Crippen LogP contribution < -0.4 is 0 Å². The summed E-state index contributed by atoms with van der Waals surface area (Å²) in [4.78, 5) is 11.4. The van der Waals surface area contributed by atoms with Gasteiger partial charge in [-0.25, -0.2) is 4.39 Å². The number of esters is 1. The van der Waals surface area contributed by atoms with E-state index in [9.17, 15) is 14.3 Å². The normalized spacial score (nSPS) is 14.2. The maximum atomic E-state index is 13.0. The van der Waals surface area contributed by atoms with Gasteiger partial charge in [-0.3, -0.25) is 4.79 Å². The summed E-state index contributed by atoms with van der Waals surface area (Å²) >= 11 is 5.62. The third kappa shape index (κ3) is 3.17. The van der Waals surface area contributed by atoms with Gasteiger partial charge in [-0.1, -0.05) is 24.6 Å². The maximum Gasteiger partial charge on any atom is 0.311 e.